The van der Waals surface area contributed by atoms with Crippen LogP contribution in [0.15, 0.2) is 0 Å². The summed E-state index contributed by atoms with van der Waals surface area (Å²) < 4.78 is 5.18. The largest absolute Gasteiger partial charge is 0.444 e. The molecule has 0 spiro atoms. The lowest BCUT2D eigenvalue weighted by atomic mass is 9.94. The van der Waals surface area contributed by atoms with Gasteiger partial charge in [0.05, 0.1) is 0 Å². The first-order valence-electron chi connectivity index (χ1n) is 8.16. The van der Waals surface area contributed by atoms with Crippen molar-refractivity contribution in [1.29, 1.82) is 0 Å². The Labute approximate surface area is 138 Å². The molecule has 22 heavy (non-hydrogen) atoms. The maximum absolute atomic E-state index is 12.0. The predicted octanol–water partition coefficient (Wildman–Crippen LogP) is 3.30. The molecule has 0 heterocycles. The van der Waals surface area contributed by atoms with Crippen LogP contribution in [-0.4, -0.2) is 47.5 Å². The fourth-order valence-electron chi connectivity index (χ4n) is 2.73. The Balaban J connectivity index is 2.34. The monoisotopic (exact) mass is 332 g/mol. The predicted molar refractivity (Wildman–Crippen MR) is 88.2 cm³/mol. The minimum absolute atomic E-state index is 0.00849. The van der Waals surface area contributed by atoms with E-state index in [0.717, 1.165) is 12.8 Å². The molecule has 1 aliphatic carbocycles. The van der Waals surface area contributed by atoms with Crippen molar-refractivity contribution in [3.05, 3.63) is 0 Å². The van der Waals surface area contributed by atoms with Gasteiger partial charge in [-0.25, -0.2) is 4.79 Å². The fourth-order valence-corrected chi connectivity index (χ4v) is 2.89. The third-order valence-corrected chi connectivity index (χ3v) is 3.92. The number of rotatable bonds is 6. The number of hydrogen-bond acceptors (Lipinski definition) is 3. The molecule has 2 amide bonds. The molecule has 0 aromatic rings. The molecule has 128 valence electrons. The van der Waals surface area contributed by atoms with Crippen LogP contribution >= 0.6 is 11.6 Å². The van der Waals surface area contributed by atoms with Crippen LogP contribution in [-0.2, 0) is 9.53 Å². The smallest absolute Gasteiger partial charge is 0.407 e. The van der Waals surface area contributed by atoms with Crippen LogP contribution in [0.4, 0.5) is 4.79 Å². The standard InChI is InChI=1S/C16H29ClN2O3/c1-16(2,3)22-15(21)18-10-7-11-19(14(20)12-17)13-8-5-4-6-9-13/h13H,4-12H2,1-3H3,(H,18,21). The number of carbonyl (C=O) groups excluding carboxylic acids is 2. The van der Waals surface area contributed by atoms with Gasteiger partial charge in [-0.3, -0.25) is 4.79 Å². The van der Waals surface area contributed by atoms with E-state index in [1.165, 1.54) is 19.3 Å². The van der Waals surface area contributed by atoms with Gasteiger partial charge in [-0.2, -0.15) is 0 Å². The van der Waals surface area contributed by atoms with Gasteiger partial charge in [0.1, 0.15) is 11.5 Å². The van der Waals surface area contributed by atoms with E-state index in [2.05, 4.69) is 5.32 Å². The number of ether oxygens (including phenoxy) is 1. The van der Waals surface area contributed by atoms with E-state index in [1.54, 1.807) is 0 Å². The number of alkyl carbamates (subject to hydrolysis) is 1. The molecule has 0 atom stereocenters. The third-order valence-electron chi connectivity index (χ3n) is 3.69. The molecule has 1 rings (SSSR count). The molecular formula is C16H29ClN2O3. The summed E-state index contributed by atoms with van der Waals surface area (Å²) in [7, 11) is 0. The second kappa shape index (κ2) is 9.23. The number of hydrogen-bond donors (Lipinski definition) is 1. The molecule has 5 nitrogen and oxygen atoms in total. The zero-order valence-corrected chi connectivity index (χ0v) is 14.7. The Bertz CT molecular complexity index is 363. The summed E-state index contributed by atoms with van der Waals surface area (Å²) in [6, 6.07) is 0.307. The molecule has 0 unspecified atom stereocenters. The van der Waals surface area contributed by atoms with Crippen molar-refractivity contribution in [2.24, 2.45) is 0 Å². The molecule has 1 saturated carbocycles. The van der Waals surface area contributed by atoms with Crippen molar-refractivity contribution in [3.63, 3.8) is 0 Å². The van der Waals surface area contributed by atoms with Crippen LogP contribution in [0.2, 0.25) is 0 Å². The molecule has 0 aromatic heterocycles. The Hall–Kier alpha value is -0.970. The Morgan fingerprint density at radius 3 is 2.41 bits per heavy atom. The molecule has 1 N–H and O–H groups in total. The minimum Gasteiger partial charge on any atom is -0.444 e. The maximum Gasteiger partial charge on any atom is 0.407 e. The molecule has 6 heteroatoms. The van der Waals surface area contributed by atoms with E-state index < -0.39 is 11.7 Å². The van der Waals surface area contributed by atoms with Gasteiger partial charge in [0.2, 0.25) is 5.91 Å². The van der Waals surface area contributed by atoms with Crippen molar-refractivity contribution < 1.29 is 14.3 Å². The third kappa shape index (κ3) is 7.34. The number of alkyl halides is 1. The Kier molecular flexibility index (Phi) is 8.01. The molecule has 0 aliphatic heterocycles. The molecule has 0 radical (unpaired) electrons. The van der Waals surface area contributed by atoms with Gasteiger partial charge in [0, 0.05) is 19.1 Å². The van der Waals surface area contributed by atoms with Gasteiger partial charge in [-0.15, -0.1) is 11.6 Å². The lowest BCUT2D eigenvalue weighted by molar-refractivity contribution is -0.131. The van der Waals surface area contributed by atoms with Crippen LogP contribution in [0.25, 0.3) is 0 Å². The van der Waals surface area contributed by atoms with Crippen molar-refractivity contribution in [3.8, 4) is 0 Å². The van der Waals surface area contributed by atoms with Crippen molar-refractivity contribution in [2.45, 2.75) is 70.9 Å². The topological polar surface area (TPSA) is 58.6 Å². The van der Waals surface area contributed by atoms with Crippen molar-refractivity contribution >= 4 is 23.6 Å². The molecule has 0 aromatic carbocycles. The maximum atomic E-state index is 12.0. The summed E-state index contributed by atoms with van der Waals surface area (Å²) in [6.07, 6.45) is 6.00. The molecule has 0 saturated heterocycles. The van der Waals surface area contributed by atoms with E-state index in [0.29, 0.717) is 25.6 Å². The highest BCUT2D eigenvalue weighted by Crippen LogP contribution is 2.23. The van der Waals surface area contributed by atoms with Gasteiger partial charge in [-0.05, 0) is 40.0 Å². The quantitative estimate of drug-likeness (QED) is 0.599. The number of halogens is 1. The molecular weight excluding hydrogens is 304 g/mol. The number of nitrogens with zero attached hydrogens (tertiary/aromatic N) is 1. The molecule has 1 aliphatic rings. The highest BCUT2D eigenvalue weighted by molar-refractivity contribution is 6.27. The lowest BCUT2D eigenvalue weighted by Crippen LogP contribution is -2.43. The normalized spacial score (nSPS) is 16.2. The zero-order chi connectivity index (χ0) is 16.6. The van der Waals surface area contributed by atoms with Crippen LogP contribution in [0.3, 0.4) is 0 Å². The van der Waals surface area contributed by atoms with Gasteiger partial charge in [-0.1, -0.05) is 19.3 Å². The number of amides is 2. The van der Waals surface area contributed by atoms with Gasteiger partial charge >= 0.3 is 6.09 Å². The number of nitrogens with one attached hydrogen (secondary N) is 1. The fraction of sp³-hybridized carbons (Fsp3) is 0.875. The van der Waals surface area contributed by atoms with Crippen LogP contribution < -0.4 is 5.32 Å². The first-order valence-corrected chi connectivity index (χ1v) is 8.69. The van der Waals surface area contributed by atoms with Crippen LogP contribution in [0.1, 0.15) is 59.3 Å². The summed E-state index contributed by atoms with van der Waals surface area (Å²) in [5, 5.41) is 2.72. The van der Waals surface area contributed by atoms with E-state index in [9.17, 15) is 9.59 Å². The molecule has 0 bridgehead atoms. The summed E-state index contributed by atoms with van der Waals surface area (Å²) in [4.78, 5) is 25.5. The average Bonchev–Trinajstić information content (AvgIpc) is 2.45. The average molecular weight is 333 g/mol. The van der Waals surface area contributed by atoms with E-state index in [4.69, 9.17) is 16.3 Å². The SMILES string of the molecule is CC(C)(C)OC(=O)NCCCN(C(=O)CCl)C1CCCCC1. The first-order chi connectivity index (χ1) is 10.3. The summed E-state index contributed by atoms with van der Waals surface area (Å²) in [5.74, 6) is 0.0153. The van der Waals surface area contributed by atoms with Crippen molar-refractivity contribution in [1.82, 2.24) is 10.2 Å². The first kappa shape index (κ1) is 19.1. The second-order valence-corrected chi connectivity index (χ2v) is 7.06. The van der Waals surface area contributed by atoms with Crippen LogP contribution in [0.5, 0.6) is 0 Å². The highest BCUT2D eigenvalue weighted by atomic mass is 35.5. The zero-order valence-electron chi connectivity index (χ0n) is 14.0. The van der Waals surface area contributed by atoms with Crippen molar-refractivity contribution in [2.75, 3.05) is 19.0 Å². The van der Waals surface area contributed by atoms with Crippen LogP contribution in [0, 0.1) is 0 Å². The Morgan fingerprint density at radius 2 is 1.86 bits per heavy atom. The molecule has 1 fully saturated rings. The number of carbonyl (C=O) groups is 2. The van der Waals surface area contributed by atoms with E-state index in [-0.39, 0.29) is 11.8 Å². The minimum atomic E-state index is -0.493. The van der Waals surface area contributed by atoms with Gasteiger partial charge in [0.15, 0.2) is 0 Å². The van der Waals surface area contributed by atoms with Gasteiger partial charge < -0.3 is 15.0 Å². The van der Waals surface area contributed by atoms with E-state index >= 15 is 0 Å². The summed E-state index contributed by atoms with van der Waals surface area (Å²) in [6.45, 7) is 6.61. The highest BCUT2D eigenvalue weighted by Gasteiger charge is 2.24. The lowest BCUT2D eigenvalue weighted by Gasteiger charge is -2.34. The Morgan fingerprint density at radius 1 is 1.23 bits per heavy atom. The second-order valence-electron chi connectivity index (χ2n) is 6.79. The summed E-state index contributed by atoms with van der Waals surface area (Å²) in [5.41, 5.74) is -0.493. The van der Waals surface area contributed by atoms with Gasteiger partial charge in [0.25, 0.3) is 0 Å². The summed E-state index contributed by atoms with van der Waals surface area (Å²) >= 11 is 5.72. The van der Waals surface area contributed by atoms with E-state index in [1.807, 2.05) is 25.7 Å².